The van der Waals surface area contributed by atoms with Crippen molar-refractivity contribution in [2.24, 2.45) is 11.7 Å². The normalized spacial score (nSPS) is 15.1. The topological polar surface area (TPSA) is 163 Å². The van der Waals surface area contributed by atoms with Crippen LogP contribution < -0.4 is 11.1 Å². The lowest BCUT2D eigenvalue weighted by Crippen LogP contribution is -2.38. The number of nitrogens with zero attached hydrogens (tertiary/aromatic N) is 3. The van der Waals surface area contributed by atoms with E-state index in [0.717, 1.165) is 60.1 Å². The average molecular weight is 615 g/mol. The van der Waals surface area contributed by atoms with Crippen LogP contribution >= 0.6 is 0 Å². The average Bonchev–Trinajstić information content (AvgIpc) is 3.57. The highest BCUT2D eigenvalue weighted by Crippen LogP contribution is 2.37. The van der Waals surface area contributed by atoms with Gasteiger partial charge < -0.3 is 21.1 Å². The van der Waals surface area contributed by atoms with Gasteiger partial charge in [-0.2, -0.15) is 18.3 Å². The lowest BCUT2D eigenvalue weighted by atomic mass is 9.88. The maximum Gasteiger partial charge on any atom is 0.490 e. The zero-order valence-corrected chi connectivity index (χ0v) is 24.6. The quantitative estimate of drug-likeness (QED) is 0.254. The maximum absolute atomic E-state index is 12.3. The molecule has 0 unspecified atom stereocenters. The number of hydrogen-bond acceptors (Lipinski definition) is 6. The summed E-state index contributed by atoms with van der Waals surface area (Å²) >= 11 is 0. The molecule has 2 aromatic heterocycles. The number of fused-ring (bicyclic) bond motifs is 1. The Morgan fingerprint density at radius 1 is 1.21 bits per heavy atom. The number of benzene rings is 1. The van der Waals surface area contributed by atoms with Crippen molar-refractivity contribution >= 4 is 32.8 Å². The third-order valence-corrected chi connectivity index (χ3v) is 8.90. The van der Waals surface area contributed by atoms with Crippen molar-refractivity contribution in [1.29, 1.82) is 0 Å². The molecule has 1 aromatic carbocycles. The number of piperidine rings is 1. The monoisotopic (exact) mass is 614 g/mol. The Labute approximate surface area is 242 Å². The summed E-state index contributed by atoms with van der Waals surface area (Å²) in [5.41, 5.74) is 9.83. The molecule has 11 nitrogen and oxygen atoms in total. The molecule has 1 saturated heterocycles. The van der Waals surface area contributed by atoms with Gasteiger partial charge in [-0.1, -0.05) is 13.8 Å². The molecular formula is C27H37F3N6O5S. The Morgan fingerprint density at radius 2 is 1.86 bits per heavy atom. The number of carbonyl (C=O) groups excluding carboxylic acids is 1. The summed E-state index contributed by atoms with van der Waals surface area (Å²) in [6.45, 7) is 9.60. The number of primary amides is 1. The SMILES string of the molecule is CCS(=O)(=O)N1CCC(c2c[nH]c3c(C(N)=O)cc(-c4cnn(CCNCC(C)C)c4)cc23)CC1.O=C(O)C(F)(F)F. The Morgan fingerprint density at radius 3 is 2.40 bits per heavy atom. The van der Waals surface area contributed by atoms with Gasteiger partial charge in [0, 0.05) is 43.0 Å². The second kappa shape index (κ2) is 13.7. The van der Waals surface area contributed by atoms with Crippen LogP contribution in [0.3, 0.4) is 0 Å². The summed E-state index contributed by atoms with van der Waals surface area (Å²) in [4.78, 5) is 24.5. The van der Waals surface area contributed by atoms with E-state index >= 15 is 0 Å². The molecule has 0 saturated carbocycles. The summed E-state index contributed by atoms with van der Waals surface area (Å²) < 4.78 is 59.7. The predicted molar refractivity (Wildman–Crippen MR) is 152 cm³/mol. The Kier molecular flexibility index (Phi) is 10.8. The van der Waals surface area contributed by atoms with E-state index in [-0.39, 0.29) is 11.7 Å². The zero-order valence-electron chi connectivity index (χ0n) is 23.7. The number of alkyl halides is 3. The molecule has 0 spiro atoms. The van der Waals surface area contributed by atoms with Gasteiger partial charge in [-0.05, 0) is 61.4 Å². The minimum Gasteiger partial charge on any atom is -0.475 e. The van der Waals surface area contributed by atoms with E-state index in [0.29, 0.717) is 24.6 Å². The van der Waals surface area contributed by atoms with Crippen molar-refractivity contribution in [1.82, 2.24) is 24.4 Å². The number of halogens is 3. The second-order valence-electron chi connectivity index (χ2n) is 10.5. The summed E-state index contributed by atoms with van der Waals surface area (Å²) in [6.07, 6.45) is 2.14. The zero-order chi connectivity index (χ0) is 31.2. The number of hydrogen-bond donors (Lipinski definition) is 4. The Balaban J connectivity index is 0.000000616. The molecule has 1 fully saturated rings. The van der Waals surface area contributed by atoms with Crippen LogP contribution in [0.15, 0.2) is 30.7 Å². The van der Waals surface area contributed by atoms with Gasteiger partial charge in [0.25, 0.3) is 5.91 Å². The number of sulfonamides is 1. The van der Waals surface area contributed by atoms with Gasteiger partial charge in [-0.15, -0.1) is 0 Å². The number of aliphatic carboxylic acids is 1. The van der Waals surface area contributed by atoms with E-state index in [2.05, 4.69) is 35.3 Å². The second-order valence-corrected chi connectivity index (χ2v) is 12.8. The fourth-order valence-corrected chi connectivity index (χ4v) is 5.93. The lowest BCUT2D eigenvalue weighted by Gasteiger charge is -2.31. The van der Waals surface area contributed by atoms with Crippen molar-refractivity contribution in [3.8, 4) is 11.1 Å². The van der Waals surface area contributed by atoms with Gasteiger partial charge in [0.15, 0.2) is 0 Å². The molecule has 3 heterocycles. The minimum absolute atomic E-state index is 0.123. The number of rotatable bonds is 10. The highest BCUT2D eigenvalue weighted by atomic mass is 32.2. The number of nitrogens with two attached hydrogens (primary N) is 1. The number of carboxylic acids is 1. The van der Waals surface area contributed by atoms with E-state index in [1.165, 1.54) is 0 Å². The van der Waals surface area contributed by atoms with Crippen LogP contribution in [0.2, 0.25) is 0 Å². The Hall–Kier alpha value is -3.43. The third-order valence-electron chi connectivity index (χ3n) is 7.02. The molecule has 232 valence electrons. The number of carboxylic acid groups (broad SMARTS) is 1. The summed E-state index contributed by atoms with van der Waals surface area (Å²) in [5, 5.41) is 16.0. The number of aromatic amines is 1. The van der Waals surface area contributed by atoms with E-state index in [9.17, 15) is 26.4 Å². The molecule has 4 rings (SSSR count). The van der Waals surface area contributed by atoms with Gasteiger partial charge in [-0.3, -0.25) is 9.48 Å². The van der Waals surface area contributed by atoms with Gasteiger partial charge in [-0.25, -0.2) is 17.5 Å². The highest BCUT2D eigenvalue weighted by Gasteiger charge is 2.38. The molecule has 5 N–H and O–H groups in total. The Bertz CT molecular complexity index is 1490. The van der Waals surface area contributed by atoms with Crippen LogP contribution in [0.25, 0.3) is 22.0 Å². The maximum atomic E-state index is 12.3. The first-order valence-corrected chi connectivity index (χ1v) is 15.2. The first-order valence-electron chi connectivity index (χ1n) is 13.6. The molecule has 42 heavy (non-hydrogen) atoms. The van der Waals surface area contributed by atoms with Gasteiger partial charge in [0.2, 0.25) is 10.0 Å². The molecular weight excluding hydrogens is 577 g/mol. The molecule has 0 atom stereocenters. The molecule has 15 heteroatoms. The van der Waals surface area contributed by atoms with Crippen molar-refractivity contribution in [2.75, 3.05) is 31.9 Å². The molecule has 0 bridgehead atoms. The standard InChI is InChI=1S/C25H36N6O3S.C2HF3O2/c1-4-35(33,34)31-8-5-18(6-9-31)23-15-28-24-21(23)11-19(12-22(24)25(26)32)20-14-29-30(16-20)10-7-27-13-17(2)3;3-2(4,5)1(6)7/h11-12,14-18,27-28H,4-10,13H2,1-3H3,(H2,26,32);(H,6,7). The van der Waals surface area contributed by atoms with E-state index < -0.39 is 28.1 Å². The van der Waals surface area contributed by atoms with Crippen molar-refractivity contribution in [3.63, 3.8) is 0 Å². The van der Waals surface area contributed by atoms with E-state index in [1.54, 1.807) is 11.2 Å². The van der Waals surface area contributed by atoms with Crippen molar-refractivity contribution in [3.05, 3.63) is 41.9 Å². The number of H-pyrrole nitrogens is 1. The van der Waals surface area contributed by atoms with Crippen LogP contribution in [0, 0.1) is 5.92 Å². The summed E-state index contributed by atoms with van der Waals surface area (Å²) in [6, 6.07) is 3.90. The van der Waals surface area contributed by atoms with Crippen molar-refractivity contribution in [2.45, 2.75) is 52.3 Å². The molecule has 1 aliphatic rings. The van der Waals surface area contributed by atoms with E-state index in [4.69, 9.17) is 15.6 Å². The number of amides is 1. The van der Waals surface area contributed by atoms with Crippen LogP contribution in [0.1, 0.15) is 55.5 Å². The van der Waals surface area contributed by atoms with Gasteiger partial charge in [0.1, 0.15) is 0 Å². The van der Waals surface area contributed by atoms with Gasteiger partial charge >= 0.3 is 12.1 Å². The van der Waals surface area contributed by atoms with Crippen molar-refractivity contribution < 1.29 is 36.3 Å². The predicted octanol–water partition coefficient (Wildman–Crippen LogP) is 3.54. The first-order chi connectivity index (χ1) is 19.6. The highest BCUT2D eigenvalue weighted by molar-refractivity contribution is 7.89. The molecule has 3 aromatic rings. The fraction of sp³-hybridized carbons (Fsp3) is 0.519. The summed E-state index contributed by atoms with van der Waals surface area (Å²) in [7, 11) is -3.18. The van der Waals surface area contributed by atoms with Crippen LogP contribution in [0.4, 0.5) is 13.2 Å². The summed E-state index contributed by atoms with van der Waals surface area (Å²) in [5.74, 6) is -2.32. The third kappa shape index (κ3) is 8.32. The molecule has 0 radical (unpaired) electrons. The first kappa shape index (κ1) is 33.1. The number of carbonyl (C=O) groups is 2. The molecule has 1 amide bonds. The number of aromatic nitrogens is 3. The largest absolute Gasteiger partial charge is 0.490 e. The lowest BCUT2D eigenvalue weighted by molar-refractivity contribution is -0.192. The van der Waals surface area contributed by atoms with Gasteiger partial charge in [0.05, 0.1) is 29.6 Å². The van der Waals surface area contributed by atoms with Crippen LogP contribution in [-0.4, -0.2) is 82.6 Å². The van der Waals surface area contributed by atoms with Crippen LogP contribution in [0.5, 0.6) is 0 Å². The fourth-order valence-electron chi connectivity index (χ4n) is 4.80. The minimum atomic E-state index is -5.08. The van der Waals surface area contributed by atoms with Crippen LogP contribution in [-0.2, 0) is 21.4 Å². The molecule has 1 aliphatic heterocycles. The number of nitrogens with one attached hydrogen (secondary N) is 2. The molecule has 0 aliphatic carbocycles. The smallest absolute Gasteiger partial charge is 0.475 e. The van der Waals surface area contributed by atoms with E-state index in [1.807, 2.05) is 29.3 Å².